The predicted molar refractivity (Wildman–Crippen MR) is 71.7 cm³/mol. The van der Waals surface area contributed by atoms with Crippen molar-refractivity contribution in [3.05, 3.63) is 45.9 Å². The molecular weight excluding hydrogens is 230 g/mol. The van der Waals surface area contributed by atoms with Gasteiger partial charge in [0.2, 0.25) is 0 Å². The van der Waals surface area contributed by atoms with E-state index in [4.69, 9.17) is 4.74 Å². The zero-order chi connectivity index (χ0) is 12.3. The minimum Gasteiger partial charge on any atom is -0.486 e. The molecule has 0 amide bonds. The highest BCUT2D eigenvalue weighted by atomic mass is 32.1. The molecule has 0 radical (unpaired) electrons. The molecule has 1 heterocycles. The SMILES string of the molecule is Cc1ccc(C(C)C)cc1OCc1nccs1. The van der Waals surface area contributed by atoms with Crippen LogP contribution in [0.15, 0.2) is 29.8 Å². The van der Waals surface area contributed by atoms with Crippen molar-refractivity contribution in [3.8, 4) is 5.75 Å². The highest BCUT2D eigenvalue weighted by molar-refractivity contribution is 7.09. The van der Waals surface area contributed by atoms with E-state index in [9.17, 15) is 0 Å². The number of nitrogens with zero attached hydrogens (tertiary/aromatic N) is 1. The molecular formula is C14H17NOS. The van der Waals surface area contributed by atoms with Gasteiger partial charge in [-0.05, 0) is 30.0 Å². The zero-order valence-corrected chi connectivity index (χ0v) is 11.3. The van der Waals surface area contributed by atoms with Crippen LogP contribution < -0.4 is 4.74 Å². The zero-order valence-electron chi connectivity index (χ0n) is 10.4. The monoisotopic (exact) mass is 247 g/mol. The number of hydrogen-bond acceptors (Lipinski definition) is 3. The molecule has 0 atom stereocenters. The third-order valence-corrected chi connectivity index (χ3v) is 3.47. The van der Waals surface area contributed by atoms with Gasteiger partial charge in [0.15, 0.2) is 0 Å². The molecule has 0 fully saturated rings. The summed E-state index contributed by atoms with van der Waals surface area (Å²) in [5.41, 5.74) is 2.48. The second kappa shape index (κ2) is 5.32. The van der Waals surface area contributed by atoms with Gasteiger partial charge in [-0.3, -0.25) is 0 Å². The largest absolute Gasteiger partial charge is 0.486 e. The number of aryl methyl sites for hydroxylation is 1. The Hall–Kier alpha value is -1.35. The van der Waals surface area contributed by atoms with Crippen molar-refractivity contribution >= 4 is 11.3 Å². The van der Waals surface area contributed by atoms with E-state index < -0.39 is 0 Å². The lowest BCUT2D eigenvalue weighted by atomic mass is 10.0. The first-order valence-electron chi connectivity index (χ1n) is 5.78. The van der Waals surface area contributed by atoms with Gasteiger partial charge < -0.3 is 4.74 Å². The molecule has 90 valence electrons. The topological polar surface area (TPSA) is 22.1 Å². The van der Waals surface area contributed by atoms with Crippen LogP contribution in [-0.2, 0) is 6.61 Å². The van der Waals surface area contributed by atoms with Crippen molar-refractivity contribution in [2.24, 2.45) is 0 Å². The molecule has 3 heteroatoms. The smallest absolute Gasteiger partial charge is 0.140 e. The third-order valence-electron chi connectivity index (χ3n) is 2.71. The molecule has 2 rings (SSSR count). The van der Waals surface area contributed by atoms with Gasteiger partial charge in [0.25, 0.3) is 0 Å². The van der Waals surface area contributed by atoms with Crippen molar-refractivity contribution in [1.82, 2.24) is 4.98 Å². The van der Waals surface area contributed by atoms with Crippen LogP contribution in [-0.4, -0.2) is 4.98 Å². The maximum Gasteiger partial charge on any atom is 0.140 e. The Kier molecular flexibility index (Phi) is 3.79. The molecule has 0 aliphatic carbocycles. The van der Waals surface area contributed by atoms with Crippen molar-refractivity contribution in [2.45, 2.75) is 33.3 Å². The first kappa shape index (κ1) is 12.1. The summed E-state index contributed by atoms with van der Waals surface area (Å²) in [5.74, 6) is 1.49. The fourth-order valence-corrected chi connectivity index (χ4v) is 2.12. The summed E-state index contributed by atoms with van der Waals surface area (Å²) >= 11 is 1.62. The Labute approximate surface area is 106 Å². The fraction of sp³-hybridized carbons (Fsp3) is 0.357. The van der Waals surface area contributed by atoms with Crippen LogP contribution in [0.3, 0.4) is 0 Å². The van der Waals surface area contributed by atoms with E-state index >= 15 is 0 Å². The molecule has 2 aromatic rings. The maximum atomic E-state index is 5.82. The van der Waals surface area contributed by atoms with E-state index in [-0.39, 0.29) is 0 Å². The van der Waals surface area contributed by atoms with Crippen LogP contribution in [0, 0.1) is 6.92 Å². The molecule has 0 aliphatic heterocycles. The molecule has 0 bridgehead atoms. The minimum absolute atomic E-state index is 0.526. The second-order valence-corrected chi connectivity index (χ2v) is 5.37. The van der Waals surface area contributed by atoms with Crippen molar-refractivity contribution in [3.63, 3.8) is 0 Å². The molecule has 0 spiro atoms. The van der Waals surface area contributed by atoms with Gasteiger partial charge in [-0.2, -0.15) is 0 Å². The molecule has 0 saturated carbocycles. The molecule has 17 heavy (non-hydrogen) atoms. The fourth-order valence-electron chi connectivity index (χ4n) is 1.60. The first-order valence-corrected chi connectivity index (χ1v) is 6.66. The predicted octanol–water partition coefficient (Wildman–Crippen LogP) is 4.15. The van der Waals surface area contributed by atoms with Gasteiger partial charge in [0, 0.05) is 11.6 Å². The molecule has 0 saturated heterocycles. The number of aromatic nitrogens is 1. The number of ether oxygens (including phenoxy) is 1. The van der Waals surface area contributed by atoms with Crippen LogP contribution in [0.4, 0.5) is 0 Å². The number of rotatable bonds is 4. The van der Waals surface area contributed by atoms with Crippen LogP contribution >= 0.6 is 11.3 Å². The van der Waals surface area contributed by atoms with Gasteiger partial charge in [-0.15, -0.1) is 11.3 Å². The lowest BCUT2D eigenvalue weighted by molar-refractivity contribution is 0.303. The van der Waals surface area contributed by atoms with Crippen LogP contribution in [0.25, 0.3) is 0 Å². The Morgan fingerprint density at radius 3 is 2.82 bits per heavy atom. The molecule has 0 aliphatic rings. The lowest BCUT2D eigenvalue weighted by Gasteiger charge is -2.11. The van der Waals surface area contributed by atoms with Crippen LogP contribution in [0.5, 0.6) is 5.75 Å². The van der Waals surface area contributed by atoms with Crippen LogP contribution in [0.1, 0.15) is 35.9 Å². The average molecular weight is 247 g/mol. The summed E-state index contributed by atoms with van der Waals surface area (Å²) in [6, 6.07) is 6.41. The van der Waals surface area contributed by atoms with E-state index in [1.54, 1.807) is 17.5 Å². The van der Waals surface area contributed by atoms with Gasteiger partial charge in [-0.25, -0.2) is 4.98 Å². The van der Waals surface area contributed by atoms with Gasteiger partial charge in [-0.1, -0.05) is 26.0 Å². The molecule has 0 N–H and O–H groups in total. The normalized spacial score (nSPS) is 10.8. The van der Waals surface area contributed by atoms with Crippen molar-refractivity contribution < 1.29 is 4.74 Å². The number of benzene rings is 1. The average Bonchev–Trinajstić information content (AvgIpc) is 2.80. The van der Waals surface area contributed by atoms with Gasteiger partial charge in [0.05, 0.1) is 0 Å². The summed E-state index contributed by atoms with van der Waals surface area (Å²) < 4.78 is 5.82. The summed E-state index contributed by atoms with van der Waals surface area (Å²) in [5, 5.41) is 2.98. The Morgan fingerprint density at radius 1 is 1.35 bits per heavy atom. The quantitative estimate of drug-likeness (QED) is 0.809. The summed E-state index contributed by atoms with van der Waals surface area (Å²) in [6.45, 7) is 7.01. The maximum absolute atomic E-state index is 5.82. The molecule has 1 aromatic carbocycles. The Balaban J connectivity index is 2.11. The van der Waals surface area contributed by atoms with Crippen LogP contribution in [0.2, 0.25) is 0 Å². The summed E-state index contributed by atoms with van der Waals surface area (Å²) in [4.78, 5) is 4.21. The molecule has 0 unspecified atom stereocenters. The highest BCUT2D eigenvalue weighted by Crippen LogP contribution is 2.25. The first-order chi connectivity index (χ1) is 8.16. The van der Waals surface area contributed by atoms with E-state index in [1.807, 2.05) is 5.38 Å². The second-order valence-electron chi connectivity index (χ2n) is 4.39. The molecule has 1 aromatic heterocycles. The van der Waals surface area contributed by atoms with Gasteiger partial charge >= 0.3 is 0 Å². The number of thiazole rings is 1. The standard InChI is InChI=1S/C14H17NOS/c1-10(2)12-5-4-11(3)13(8-12)16-9-14-15-6-7-17-14/h4-8,10H,9H2,1-3H3. The van der Waals surface area contributed by atoms with Crippen molar-refractivity contribution in [2.75, 3.05) is 0 Å². The number of hydrogen-bond donors (Lipinski definition) is 0. The third kappa shape index (κ3) is 3.07. The molecule has 2 nitrogen and oxygen atoms in total. The minimum atomic E-state index is 0.526. The summed E-state index contributed by atoms with van der Waals surface area (Å²) in [7, 11) is 0. The highest BCUT2D eigenvalue weighted by Gasteiger charge is 2.05. The summed E-state index contributed by atoms with van der Waals surface area (Å²) in [6.07, 6.45) is 1.81. The Bertz CT molecular complexity index is 477. The van der Waals surface area contributed by atoms with E-state index in [0.717, 1.165) is 10.8 Å². The van der Waals surface area contributed by atoms with Crippen molar-refractivity contribution in [1.29, 1.82) is 0 Å². The lowest BCUT2D eigenvalue weighted by Crippen LogP contribution is -1.98. The Morgan fingerprint density at radius 2 is 2.18 bits per heavy atom. The van der Waals surface area contributed by atoms with Gasteiger partial charge in [0.1, 0.15) is 17.4 Å². The van der Waals surface area contributed by atoms with E-state index in [0.29, 0.717) is 12.5 Å². The van der Waals surface area contributed by atoms with E-state index in [2.05, 4.69) is 44.0 Å². The van der Waals surface area contributed by atoms with E-state index in [1.165, 1.54) is 11.1 Å².